The van der Waals surface area contributed by atoms with Crippen LogP contribution in [0.25, 0.3) is 11.0 Å². The van der Waals surface area contributed by atoms with E-state index < -0.39 is 0 Å². The molecule has 0 aliphatic heterocycles. The second-order valence-electron chi connectivity index (χ2n) is 6.28. The predicted octanol–water partition coefficient (Wildman–Crippen LogP) is 2.42. The fraction of sp³-hybridized carbons (Fsp3) is 0.562. The van der Waals surface area contributed by atoms with Crippen molar-refractivity contribution in [1.82, 2.24) is 9.97 Å². The van der Waals surface area contributed by atoms with Crippen LogP contribution in [-0.2, 0) is 0 Å². The lowest BCUT2D eigenvalue weighted by Crippen LogP contribution is -2.34. The average Bonchev–Trinajstić information content (AvgIpc) is 3.18. The molecule has 21 heavy (non-hydrogen) atoms. The summed E-state index contributed by atoms with van der Waals surface area (Å²) in [6.45, 7) is 0. The maximum Gasteiger partial charge on any atom is 0.163 e. The van der Waals surface area contributed by atoms with Gasteiger partial charge in [-0.15, -0.1) is 0 Å². The Hall–Kier alpha value is -1.75. The number of methoxy groups -OCH3 is 2. The molecule has 0 radical (unpaired) electrons. The molecule has 2 fully saturated rings. The van der Waals surface area contributed by atoms with Gasteiger partial charge in [0, 0.05) is 24.1 Å². The highest BCUT2D eigenvalue weighted by Gasteiger charge is 2.47. The third kappa shape index (κ3) is 1.83. The molecule has 2 bridgehead atoms. The van der Waals surface area contributed by atoms with Gasteiger partial charge in [0.1, 0.15) is 5.82 Å². The van der Waals surface area contributed by atoms with Crippen LogP contribution in [0.15, 0.2) is 12.1 Å². The fourth-order valence-electron chi connectivity index (χ4n) is 4.26. The summed E-state index contributed by atoms with van der Waals surface area (Å²) in [5.74, 6) is 4.19. The van der Waals surface area contributed by atoms with Crippen LogP contribution in [0.4, 0.5) is 0 Å². The van der Waals surface area contributed by atoms with E-state index in [1.54, 1.807) is 14.2 Å². The number of fused-ring (bicyclic) bond motifs is 3. The number of rotatable bonds is 3. The Labute approximate surface area is 123 Å². The maximum atomic E-state index is 6.42. The summed E-state index contributed by atoms with van der Waals surface area (Å²) in [6, 6.07) is 4.11. The quantitative estimate of drug-likeness (QED) is 0.909. The van der Waals surface area contributed by atoms with Crippen molar-refractivity contribution in [2.24, 2.45) is 17.6 Å². The minimum Gasteiger partial charge on any atom is -0.493 e. The van der Waals surface area contributed by atoms with E-state index in [-0.39, 0.29) is 6.04 Å². The van der Waals surface area contributed by atoms with Gasteiger partial charge in [0.2, 0.25) is 0 Å². The summed E-state index contributed by atoms with van der Waals surface area (Å²) in [4.78, 5) is 8.23. The van der Waals surface area contributed by atoms with E-state index in [2.05, 4.69) is 4.98 Å². The largest absolute Gasteiger partial charge is 0.493 e. The molecule has 4 unspecified atom stereocenters. The van der Waals surface area contributed by atoms with Crippen molar-refractivity contribution in [2.45, 2.75) is 31.2 Å². The normalized spacial score (nSPS) is 31.0. The molecule has 1 aromatic carbocycles. The van der Waals surface area contributed by atoms with E-state index in [1.807, 2.05) is 12.1 Å². The minimum absolute atomic E-state index is 0.244. The van der Waals surface area contributed by atoms with Crippen molar-refractivity contribution in [3.8, 4) is 11.5 Å². The number of aromatic nitrogens is 2. The van der Waals surface area contributed by atoms with Gasteiger partial charge in [-0.2, -0.15) is 0 Å². The summed E-state index contributed by atoms with van der Waals surface area (Å²) in [5, 5.41) is 0. The molecule has 0 amide bonds. The monoisotopic (exact) mass is 287 g/mol. The Morgan fingerprint density at radius 2 is 1.86 bits per heavy atom. The van der Waals surface area contributed by atoms with Crippen LogP contribution in [0.1, 0.15) is 31.0 Å². The van der Waals surface area contributed by atoms with Gasteiger partial charge in [0.15, 0.2) is 11.5 Å². The lowest BCUT2D eigenvalue weighted by molar-refractivity contribution is 0.356. The van der Waals surface area contributed by atoms with E-state index in [9.17, 15) is 0 Å². The summed E-state index contributed by atoms with van der Waals surface area (Å²) in [5.41, 5.74) is 8.32. The van der Waals surface area contributed by atoms with Crippen molar-refractivity contribution >= 4 is 11.0 Å². The Morgan fingerprint density at radius 3 is 2.52 bits per heavy atom. The molecule has 4 rings (SSSR count). The highest BCUT2D eigenvalue weighted by atomic mass is 16.5. The average molecular weight is 287 g/mol. The SMILES string of the molecule is COc1cc2nc(C3C4CCC(C4)C3N)[nH]c2cc1OC. The van der Waals surface area contributed by atoms with Gasteiger partial charge in [-0.1, -0.05) is 0 Å². The molecule has 2 aromatic rings. The van der Waals surface area contributed by atoms with Gasteiger partial charge in [-0.25, -0.2) is 4.98 Å². The van der Waals surface area contributed by atoms with Crippen molar-refractivity contribution in [3.05, 3.63) is 18.0 Å². The van der Waals surface area contributed by atoms with Gasteiger partial charge in [-0.05, 0) is 31.1 Å². The molecule has 2 aliphatic carbocycles. The van der Waals surface area contributed by atoms with Crippen LogP contribution in [0, 0.1) is 11.8 Å². The summed E-state index contributed by atoms with van der Waals surface area (Å²) in [7, 11) is 3.29. The first-order valence-electron chi connectivity index (χ1n) is 7.58. The Balaban J connectivity index is 1.77. The third-order valence-electron chi connectivity index (χ3n) is 5.30. The Bertz CT molecular complexity index is 638. The zero-order valence-electron chi connectivity index (χ0n) is 12.4. The van der Waals surface area contributed by atoms with Gasteiger partial charge in [-0.3, -0.25) is 0 Å². The number of hydrogen-bond donors (Lipinski definition) is 2. The molecule has 0 saturated heterocycles. The van der Waals surface area contributed by atoms with Gasteiger partial charge < -0.3 is 20.2 Å². The lowest BCUT2D eigenvalue weighted by Gasteiger charge is -2.26. The van der Waals surface area contributed by atoms with E-state index in [0.717, 1.165) is 22.6 Å². The topological polar surface area (TPSA) is 73.2 Å². The smallest absolute Gasteiger partial charge is 0.163 e. The highest BCUT2D eigenvalue weighted by Crippen LogP contribution is 2.51. The second-order valence-corrected chi connectivity index (χ2v) is 6.28. The zero-order chi connectivity index (χ0) is 14.6. The van der Waals surface area contributed by atoms with E-state index in [1.165, 1.54) is 19.3 Å². The number of aromatic amines is 1. The third-order valence-corrected chi connectivity index (χ3v) is 5.30. The lowest BCUT2D eigenvalue weighted by atomic mass is 9.84. The first-order valence-corrected chi connectivity index (χ1v) is 7.58. The number of nitrogens with two attached hydrogens (primary N) is 1. The van der Waals surface area contributed by atoms with Crippen LogP contribution >= 0.6 is 0 Å². The van der Waals surface area contributed by atoms with E-state index >= 15 is 0 Å². The molecule has 1 heterocycles. The van der Waals surface area contributed by atoms with Crippen LogP contribution in [0.2, 0.25) is 0 Å². The fourth-order valence-corrected chi connectivity index (χ4v) is 4.26. The predicted molar refractivity (Wildman–Crippen MR) is 80.7 cm³/mol. The zero-order valence-corrected chi connectivity index (χ0v) is 12.4. The van der Waals surface area contributed by atoms with Crippen LogP contribution in [0.3, 0.4) is 0 Å². The molecule has 2 saturated carbocycles. The van der Waals surface area contributed by atoms with E-state index in [0.29, 0.717) is 23.5 Å². The Morgan fingerprint density at radius 1 is 1.14 bits per heavy atom. The summed E-state index contributed by atoms with van der Waals surface area (Å²) >= 11 is 0. The van der Waals surface area contributed by atoms with Crippen molar-refractivity contribution < 1.29 is 9.47 Å². The van der Waals surface area contributed by atoms with Crippen molar-refractivity contribution in [2.75, 3.05) is 14.2 Å². The number of ether oxygens (including phenoxy) is 2. The van der Waals surface area contributed by atoms with Crippen molar-refractivity contribution in [3.63, 3.8) is 0 Å². The maximum absolute atomic E-state index is 6.42. The number of imidazole rings is 1. The van der Waals surface area contributed by atoms with E-state index in [4.69, 9.17) is 20.2 Å². The molecule has 4 atom stereocenters. The molecular weight excluding hydrogens is 266 g/mol. The first-order chi connectivity index (χ1) is 10.2. The molecule has 2 aliphatic rings. The number of benzene rings is 1. The number of H-pyrrole nitrogens is 1. The highest BCUT2D eigenvalue weighted by molar-refractivity contribution is 5.80. The minimum atomic E-state index is 0.244. The van der Waals surface area contributed by atoms with Gasteiger partial charge in [0.25, 0.3) is 0 Å². The molecular formula is C16H21N3O2. The molecule has 5 nitrogen and oxygen atoms in total. The number of nitrogens with zero attached hydrogens (tertiary/aromatic N) is 1. The second kappa shape index (κ2) is 4.63. The van der Waals surface area contributed by atoms with Gasteiger partial charge >= 0.3 is 0 Å². The molecule has 0 spiro atoms. The number of hydrogen-bond acceptors (Lipinski definition) is 4. The molecule has 5 heteroatoms. The first kappa shape index (κ1) is 13.0. The molecule has 1 aromatic heterocycles. The standard InChI is InChI=1S/C16H21N3O2/c1-20-12-6-10-11(7-13(12)21-2)19-16(18-10)14-8-3-4-9(5-8)15(14)17/h6-9,14-15H,3-5,17H2,1-2H3,(H,18,19). The number of nitrogens with one attached hydrogen (secondary N) is 1. The summed E-state index contributed by atoms with van der Waals surface area (Å²) < 4.78 is 10.7. The molecule has 3 N–H and O–H groups in total. The van der Waals surface area contributed by atoms with Gasteiger partial charge in [0.05, 0.1) is 25.3 Å². The van der Waals surface area contributed by atoms with Crippen LogP contribution < -0.4 is 15.2 Å². The van der Waals surface area contributed by atoms with Crippen LogP contribution in [0.5, 0.6) is 11.5 Å². The summed E-state index contributed by atoms with van der Waals surface area (Å²) in [6.07, 6.45) is 3.83. The van der Waals surface area contributed by atoms with Crippen molar-refractivity contribution in [1.29, 1.82) is 0 Å². The Kier molecular flexibility index (Phi) is 2.85. The molecule has 112 valence electrons. The van der Waals surface area contributed by atoms with Crippen LogP contribution in [-0.4, -0.2) is 30.2 Å².